The van der Waals surface area contributed by atoms with Crippen LogP contribution in [-0.2, 0) is 23.9 Å². The lowest BCUT2D eigenvalue weighted by atomic mass is 9.98. The highest BCUT2D eigenvalue weighted by Gasteiger charge is 2.35. The van der Waals surface area contributed by atoms with E-state index in [0.29, 0.717) is 38.8 Å². The van der Waals surface area contributed by atoms with Crippen LogP contribution in [0.25, 0.3) is 0 Å². The van der Waals surface area contributed by atoms with Crippen LogP contribution in [0.15, 0.2) is 0 Å². The predicted molar refractivity (Wildman–Crippen MR) is 123 cm³/mol. The van der Waals surface area contributed by atoms with Gasteiger partial charge in [0.05, 0.1) is 12.6 Å². The normalized spacial score (nSPS) is 20.1. The summed E-state index contributed by atoms with van der Waals surface area (Å²) in [6, 6.07) is -1.70. The number of hydrogen-bond donors (Lipinski definition) is 3. The van der Waals surface area contributed by atoms with Gasteiger partial charge in [-0.25, -0.2) is 9.59 Å². The van der Waals surface area contributed by atoms with Gasteiger partial charge in [0.15, 0.2) is 0 Å². The van der Waals surface area contributed by atoms with Crippen LogP contribution in [0.3, 0.4) is 0 Å². The molecule has 0 aliphatic carbocycles. The predicted octanol–water partition coefficient (Wildman–Crippen LogP) is 1.20. The SMILES string of the molecule is CC(C)C[C@H](NC(=O)OCC1CN(C(=O)OC(C)(C)C)C1)C(=O)N[C@H](C=O)C[C@H]1CCNC1=O. The number of nitrogens with one attached hydrogen (secondary N) is 3. The Hall–Kier alpha value is -2.85. The third-order valence-corrected chi connectivity index (χ3v) is 5.57. The molecule has 3 N–H and O–H groups in total. The Kier molecular flexibility index (Phi) is 9.69. The van der Waals surface area contributed by atoms with Gasteiger partial charge in [-0.15, -0.1) is 0 Å². The summed E-state index contributed by atoms with van der Waals surface area (Å²) in [6.45, 7) is 10.7. The third-order valence-electron chi connectivity index (χ3n) is 5.57. The molecule has 34 heavy (non-hydrogen) atoms. The first kappa shape index (κ1) is 27.4. The van der Waals surface area contributed by atoms with Gasteiger partial charge in [0.25, 0.3) is 0 Å². The molecule has 2 aliphatic heterocycles. The van der Waals surface area contributed by atoms with Crippen molar-refractivity contribution in [1.29, 1.82) is 0 Å². The van der Waals surface area contributed by atoms with E-state index in [1.165, 1.54) is 4.90 Å². The Labute approximate surface area is 200 Å². The van der Waals surface area contributed by atoms with Gasteiger partial charge < -0.3 is 35.1 Å². The van der Waals surface area contributed by atoms with Crippen molar-refractivity contribution in [2.45, 2.75) is 71.6 Å². The minimum Gasteiger partial charge on any atom is -0.449 e. The van der Waals surface area contributed by atoms with Crippen LogP contribution >= 0.6 is 0 Å². The molecule has 11 nitrogen and oxygen atoms in total. The Morgan fingerprint density at radius 3 is 2.41 bits per heavy atom. The van der Waals surface area contributed by atoms with E-state index in [-0.39, 0.29) is 36.7 Å². The van der Waals surface area contributed by atoms with Crippen LogP contribution < -0.4 is 16.0 Å². The lowest BCUT2D eigenvalue weighted by Crippen LogP contribution is -2.54. The van der Waals surface area contributed by atoms with E-state index in [2.05, 4.69) is 16.0 Å². The van der Waals surface area contributed by atoms with Crippen LogP contribution in [-0.4, -0.2) is 79.1 Å². The molecule has 2 heterocycles. The molecule has 0 spiro atoms. The van der Waals surface area contributed by atoms with E-state index in [0.717, 1.165) is 0 Å². The Morgan fingerprint density at radius 1 is 1.21 bits per heavy atom. The molecule has 0 aromatic carbocycles. The summed E-state index contributed by atoms with van der Waals surface area (Å²) in [5.41, 5.74) is -0.572. The molecule has 3 atom stereocenters. The molecule has 0 aromatic heterocycles. The summed E-state index contributed by atoms with van der Waals surface area (Å²) in [4.78, 5) is 61.9. The van der Waals surface area contributed by atoms with Crippen molar-refractivity contribution in [1.82, 2.24) is 20.9 Å². The molecule has 0 bridgehead atoms. The molecule has 2 aliphatic rings. The number of ether oxygens (including phenoxy) is 2. The lowest BCUT2D eigenvalue weighted by Gasteiger charge is -2.39. The summed E-state index contributed by atoms with van der Waals surface area (Å²) >= 11 is 0. The van der Waals surface area contributed by atoms with Crippen LogP contribution in [0.4, 0.5) is 9.59 Å². The van der Waals surface area contributed by atoms with Crippen LogP contribution in [0, 0.1) is 17.8 Å². The van der Waals surface area contributed by atoms with Gasteiger partial charge in [-0.1, -0.05) is 13.8 Å². The smallest absolute Gasteiger partial charge is 0.410 e. The van der Waals surface area contributed by atoms with Crippen molar-refractivity contribution in [2.24, 2.45) is 17.8 Å². The molecular weight excluding hydrogens is 444 g/mol. The first-order chi connectivity index (χ1) is 15.9. The zero-order chi connectivity index (χ0) is 25.5. The fraction of sp³-hybridized carbons (Fsp3) is 0.783. The number of nitrogens with zero attached hydrogens (tertiary/aromatic N) is 1. The molecular formula is C23H38N4O7. The number of rotatable bonds is 10. The number of carbonyl (C=O) groups is 5. The van der Waals surface area contributed by atoms with E-state index in [9.17, 15) is 24.0 Å². The number of hydrogen-bond acceptors (Lipinski definition) is 7. The van der Waals surface area contributed by atoms with Gasteiger partial charge in [0.1, 0.15) is 17.9 Å². The largest absolute Gasteiger partial charge is 0.449 e. The second kappa shape index (κ2) is 12.0. The third kappa shape index (κ3) is 8.83. The average molecular weight is 483 g/mol. The highest BCUT2D eigenvalue weighted by molar-refractivity contribution is 5.88. The van der Waals surface area contributed by atoms with Crippen LogP contribution in [0.1, 0.15) is 53.9 Å². The molecule has 0 aromatic rings. The molecule has 0 radical (unpaired) electrons. The van der Waals surface area contributed by atoms with Crippen molar-refractivity contribution >= 4 is 30.3 Å². The molecule has 0 saturated carbocycles. The van der Waals surface area contributed by atoms with Crippen molar-refractivity contribution in [2.75, 3.05) is 26.2 Å². The van der Waals surface area contributed by atoms with E-state index in [4.69, 9.17) is 9.47 Å². The summed E-state index contributed by atoms with van der Waals surface area (Å²) in [5.74, 6) is -0.851. The van der Waals surface area contributed by atoms with E-state index < -0.39 is 35.8 Å². The van der Waals surface area contributed by atoms with Crippen LogP contribution in [0.2, 0.25) is 0 Å². The first-order valence-corrected chi connectivity index (χ1v) is 11.8. The fourth-order valence-corrected chi connectivity index (χ4v) is 3.84. The van der Waals surface area contributed by atoms with Gasteiger partial charge in [-0.2, -0.15) is 0 Å². The molecule has 4 amide bonds. The van der Waals surface area contributed by atoms with Gasteiger partial charge in [0.2, 0.25) is 11.8 Å². The van der Waals surface area contributed by atoms with Gasteiger partial charge in [0, 0.05) is 31.5 Å². The maximum Gasteiger partial charge on any atom is 0.410 e. The maximum atomic E-state index is 12.8. The maximum absolute atomic E-state index is 12.8. The van der Waals surface area contributed by atoms with Gasteiger partial charge in [-0.05, 0) is 46.0 Å². The molecule has 192 valence electrons. The Bertz CT molecular complexity index is 759. The average Bonchev–Trinajstić information content (AvgIpc) is 3.08. The minimum absolute atomic E-state index is 0.00681. The molecule has 2 fully saturated rings. The number of alkyl carbamates (subject to hydrolysis) is 1. The number of carbonyl (C=O) groups excluding carboxylic acids is 5. The zero-order valence-corrected chi connectivity index (χ0v) is 20.7. The summed E-state index contributed by atoms with van der Waals surface area (Å²) < 4.78 is 10.6. The number of likely N-dealkylation sites (tertiary alicyclic amines) is 1. The molecule has 11 heteroatoms. The van der Waals surface area contributed by atoms with Crippen molar-refractivity contribution in [3.63, 3.8) is 0 Å². The number of amides is 4. The van der Waals surface area contributed by atoms with Crippen LogP contribution in [0.5, 0.6) is 0 Å². The highest BCUT2D eigenvalue weighted by Crippen LogP contribution is 2.20. The van der Waals surface area contributed by atoms with E-state index in [1.54, 1.807) is 20.8 Å². The van der Waals surface area contributed by atoms with Crippen molar-refractivity contribution in [3.8, 4) is 0 Å². The van der Waals surface area contributed by atoms with E-state index in [1.807, 2.05) is 13.8 Å². The highest BCUT2D eigenvalue weighted by atomic mass is 16.6. The lowest BCUT2D eigenvalue weighted by molar-refractivity contribution is -0.127. The zero-order valence-electron chi connectivity index (χ0n) is 20.7. The summed E-state index contributed by atoms with van der Waals surface area (Å²) in [7, 11) is 0. The standard InChI is InChI=1S/C23H38N4O7/c1-14(2)8-18(20(30)25-17(12-28)9-16-6-7-24-19(16)29)26-21(31)33-13-15-10-27(11-15)22(32)34-23(3,4)5/h12,14-18H,6-11,13H2,1-5H3,(H,24,29)(H,25,30)(H,26,31)/t16-,17+,18+/m1/s1. The molecule has 2 rings (SSSR count). The minimum atomic E-state index is -0.882. The Balaban J connectivity index is 1.79. The van der Waals surface area contributed by atoms with Gasteiger partial charge in [-0.3, -0.25) is 9.59 Å². The van der Waals surface area contributed by atoms with Gasteiger partial charge >= 0.3 is 12.2 Å². The van der Waals surface area contributed by atoms with Crippen molar-refractivity contribution in [3.05, 3.63) is 0 Å². The monoisotopic (exact) mass is 482 g/mol. The second-order valence-corrected chi connectivity index (χ2v) is 10.4. The first-order valence-electron chi connectivity index (χ1n) is 11.8. The second-order valence-electron chi connectivity index (χ2n) is 10.4. The summed E-state index contributed by atoms with van der Waals surface area (Å²) in [5, 5.41) is 7.92. The van der Waals surface area contributed by atoms with Crippen molar-refractivity contribution < 1.29 is 33.4 Å². The molecule has 0 unspecified atom stereocenters. The molecule has 2 saturated heterocycles. The quantitative estimate of drug-likeness (QED) is 0.397. The summed E-state index contributed by atoms with van der Waals surface area (Å²) in [6.07, 6.45) is 0.658. The van der Waals surface area contributed by atoms with E-state index >= 15 is 0 Å². The fourth-order valence-electron chi connectivity index (χ4n) is 3.84. The number of aldehydes is 1. The topological polar surface area (TPSA) is 143 Å². The Morgan fingerprint density at radius 2 is 1.88 bits per heavy atom.